The average molecular weight is 314 g/mol. The van der Waals surface area contributed by atoms with Gasteiger partial charge in [0.2, 0.25) is 0 Å². The molecular formula is C17H18N2O4. The van der Waals surface area contributed by atoms with E-state index in [9.17, 15) is 9.59 Å². The topological polar surface area (TPSA) is 70.4 Å². The summed E-state index contributed by atoms with van der Waals surface area (Å²) in [5.41, 5.74) is 1.82. The molecule has 0 atom stereocenters. The molecule has 6 heteroatoms. The highest BCUT2D eigenvalue weighted by Crippen LogP contribution is 2.27. The molecule has 6 nitrogen and oxygen atoms in total. The van der Waals surface area contributed by atoms with E-state index in [1.807, 2.05) is 0 Å². The lowest BCUT2D eigenvalue weighted by Crippen LogP contribution is -2.07. The highest BCUT2D eigenvalue weighted by atomic mass is 16.5. The normalized spacial score (nSPS) is 10.2. The minimum Gasteiger partial charge on any atom is -0.496 e. The third kappa shape index (κ3) is 3.85. The first-order valence-corrected chi connectivity index (χ1v) is 7.02. The number of hydrogen-bond donors (Lipinski definition) is 0. The quantitative estimate of drug-likeness (QED) is 0.580. The molecule has 0 fully saturated rings. The zero-order valence-corrected chi connectivity index (χ0v) is 13.1. The zero-order valence-electron chi connectivity index (χ0n) is 13.1. The van der Waals surface area contributed by atoms with Crippen molar-refractivity contribution in [3.05, 3.63) is 54.6 Å². The van der Waals surface area contributed by atoms with Crippen LogP contribution < -0.4 is 4.74 Å². The Bertz CT molecular complexity index is 720. The number of Topliss-reactive ketones (excluding diaryl/α,β-unsaturated/α-hetero) is 1. The molecule has 0 aliphatic carbocycles. The largest absolute Gasteiger partial charge is 0.496 e. The standard InChI is InChI=1S/C17H18N2O4/c1-12(19-9-8-18-11-19)14-10-13(4-6-16(14)22-2)15(20)5-7-17(21)23-3/h4,6,8-11H,1,5,7H2,2-3H3. The number of nitrogens with zero attached hydrogens (tertiary/aromatic N) is 2. The van der Waals surface area contributed by atoms with Gasteiger partial charge < -0.3 is 14.0 Å². The second-order valence-corrected chi connectivity index (χ2v) is 4.83. The number of carbonyl (C=O) groups is 2. The van der Waals surface area contributed by atoms with Crippen LogP contribution >= 0.6 is 0 Å². The van der Waals surface area contributed by atoms with Gasteiger partial charge in [-0.05, 0) is 18.2 Å². The number of hydrogen-bond acceptors (Lipinski definition) is 5. The van der Waals surface area contributed by atoms with Gasteiger partial charge in [-0.2, -0.15) is 0 Å². The Hall–Kier alpha value is -2.89. The van der Waals surface area contributed by atoms with Crippen molar-refractivity contribution in [2.75, 3.05) is 14.2 Å². The van der Waals surface area contributed by atoms with E-state index in [-0.39, 0.29) is 18.6 Å². The number of aromatic nitrogens is 2. The summed E-state index contributed by atoms with van der Waals surface area (Å²) in [7, 11) is 2.85. The molecule has 0 spiro atoms. The predicted molar refractivity (Wildman–Crippen MR) is 85.2 cm³/mol. The van der Waals surface area contributed by atoms with E-state index in [4.69, 9.17) is 4.74 Å². The summed E-state index contributed by atoms with van der Waals surface area (Å²) in [5.74, 6) is 0.0564. The van der Waals surface area contributed by atoms with E-state index < -0.39 is 5.97 Å². The molecule has 0 aliphatic rings. The van der Waals surface area contributed by atoms with Crippen LogP contribution in [0.1, 0.15) is 28.8 Å². The van der Waals surface area contributed by atoms with Gasteiger partial charge in [0.1, 0.15) is 5.75 Å². The molecule has 2 rings (SSSR count). The van der Waals surface area contributed by atoms with Crippen LogP contribution in [0.3, 0.4) is 0 Å². The number of esters is 1. The SMILES string of the molecule is C=C(c1cc(C(=O)CCC(=O)OC)ccc1OC)n1ccnc1. The van der Waals surface area contributed by atoms with Crippen LogP contribution in [-0.4, -0.2) is 35.5 Å². The van der Waals surface area contributed by atoms with Crippen molar-refractivity contribution >= 4 is 17.4 Å². The molecule has 0 saturated carbocycles. The molecule has 1 aromatic carbocycles. The molecule has 0 N–H and O–H groups in total. The van der Waals surface area contributed by atoms with Crippen LogP contribution in [-0.2, 0) is 9.53 Å². The molecule has 23 heavy (non-hydrogen) atoms. The summed E-state index contributed by atoms with van der Waals surface area (Å²) in [4.78, 5) is 27.4. The van der Waals surface area contributed by atoms with Crippen LogP contribution in [0.25, 0.3) is 5.70 Å². The van der Waals surface area contributed by atoms with Gasteiger partial charge in [-0.1, -0.05) is 6.58 Å². The zero-order chi connectivity index (χ0) is 16.8. The van der Waals surface area contributed by atoms with E-state index in [1.165, 1.54) is 7.11 Å². The molecule has 1 heterocycles. The van der Waals surface area contributed by atoms with Crippen LogP contribution in [0.4, 0.5) is 0 Å². The molecule has 0 saturated heterocycles. The number of carbonyl (C=O) groups excluding carboxylic acids is 2. The molecule has 0 aliphatic heterocycles. The highest BCUT2D eigenvalue weighted by molar-refractivity contribution is 5.98. The Morgan fingerprint density at radius 2 is 2.04 bits per heavy atom. The molecule has 0 unspecified atom stereocenters. The van der Waals surface area contributed by atoms with Gasteiger partial charge in [-0.25, -0.2) is 4.98 Å². The molecule has 0 radical (unpaired) electrons. The van der Waals surface area contributed by atoms with Crippen molar-refractivity contribution in [1.29, 1.82) is 0 Å². The first kappa shape index (κ1) is 16.5. The van der Waals surface area contributed by atoms with Crippen molar-refractivity contribution in [3.63, 3.8) is 0 Å². The summed E-state index contributed by atoms with van der Waals surface area (Å²) in [6, 6.07) is 5.09. The number of imidazole rings is 1. The van der Waals surface area contributed by atoms with Gasteiger partial charge in [0.05, 0.1) is 32.7 Å². The Kier molecular flexibility index (Phi) is 5.30. The second kappa shape index (κ2) is 7.40. The first-order chi connectivity index (χ1) is 11.1. The van der Waals surface area contributed by atoms with E-state index in [0.717, 1.165) is 0 Å². The smallest absolute Gasteiger partial charge is 0.305 e. The van der Waals surface area contributed by atoms with Crippen LogP contribution in [0, 0.1) is 0 Å². The lowest BCUT2D eigenvalue weighted by molar-refractivity contribution is -0.140. The fourth-order valence-corrected chi connectivity index (χ4v) is 2.13. The number of rotatable bonds is 7. The van der Waals surface area contributed by atoms with Gasteiger partial charge in [-0.15, -0.1) is 0 Å². The molecule has 120 valence electrons. The van der Waals surface area contributed by atoms with Crippen LogP contribution in [0.15, 0.2) is 43.5 Å². The van der Waals surface area contributed by atoms with Crippen LogP contribution in [0.5, 0.6) is 5.75 Å². The minimum atomic E-state index is -0.407. The monoisotopic (exact) mass is 314 g/mol. The lowest BCUT2D eigenvalue weighted by Gasteiger charge is -2.13. The summed E-state index contributed by atoms with van der Waals surface area (Å²) in [6.07, 6.45) is 5.17. The van der Waals surface area contributed by atoms with Gasteiger partial charge in [0, 0.05) is 29.9 Å². The van der Waals surface area contributed by atoms with Crippen molar-refractivity contribution in [3.8, 4) is 5.75 Å². The Morgan fingerprint density at radius 3 is 2.65 bits per heavy atom. The number of benzene rings is 1. The van der Waals surface area contributed by atoms with Gasteiger partial charge in [0.25, 0.3) is 0 Å². The van der Waals surface area contributed by atoms with Crippen molar-refractivity contribution in [2.45, 2.75) is 12.8 Å². The second-order valence-electron chi connectivity index (χ2n) is 4.83. The molecule has 2 aromatic rings. The Morgan fingerprint density at radius 1 is 1.26 bits per heavy atom. The summed E-state index contributed by atoms with van der Waals surface area (Å²) >= 11 is 0. The van der Waals surface area contributed by atoms with Crippen molar-refractivity contribution in [2.24, 2.45) is 0 Å². The summed E-state index contributed by atoms with van der Waals surface area (Å²) < 4.78 is 11.6. The fourth-order valence-electron chi connectivity index (χ4n) is 2.13. The van der Waals surface area contributed by atoms with E-state index >= 15 is 0 Å². The van der Waals surface area contributed by atoms with Gasteiger partial charge in [0.15, 0.2) is 5.78 Å². The number of methoxy groups -OCH3 is 2. The molecular weight excluding hydrogens is 296 g/mol. The predicted octanol–water partition coefficient (Wildman–Crippen LogP) is 2.55. The molecule has 1 aromatic heterocycles. The average Bonchev–Trinajstić information content (AvgIpc) is 3.12. The van der Waals surface area contributed by atoms with Crippen LogP contribution in [0.2, 0.25) is 0 Å². The maximum absolute atomic E-state index is 12.2. The molecule has 0 amide bonds. The minimum absolute atomic E-state index is 0.0547. The van der Waals surface area contributed by atoms with E-state index in [2.05, 4.69) is 16.3 Å². The van der Waals surface area contributed by atoms with E-state index in [0.29, 0.717) is 22.6 Å². The van der Waals surface area contributed by atoms with Gasteiger partial charge >= 0.3 is 5.97 Å². The third-order valence-corrected chi connectivity index (χ3v) is 3.43. The fraction of sp³-hybridized carbons (Fsp3) is 0.235. The van der Waals surface area contributed by atoms with Crippen molar-refractivity contribution < 1.29 is 19.1 Å². The Balaban J connectivity index is 2.26. The van der Waals surface area contributed by atoms with E-state index in [1.54, 1.807) is 48.6 Å². The highest BCUT2D eigenvalue weighted by Gasteiger charge is 2.14. The Labute approximate surface area is 134 Å². The maximum Gasteiger partial charge on any atom is 0.305 e. The van der Waals surface area contributed by atoms with Gasteiger partial charge in [-0.3, -0.25) is 9.59 Å². The number of ether oxygens (including phenoxy) is 2. The molecule has 0 bridgehead atoms. The maximum atomic E-state index is 12.2. The number of ketones is 1. The van der Waals surface area contributed by atoms with Crippen molar-refractivity contribution in [1.82, 2.24) is 9.55 Å². The first-order valence-electron chi connectivity index (χ1n) is 7.02. The third-order valence-electron chi connectivity index (χ3n) is 3.43. The summed E-state index contributed by atoms with van der Waals surface area (Å²) in [6.45, 7) is 4.02. The summed E-state index contributed by atoms with van der Waals surface area (Å²) in [5, 5.41) is 0. The lowest BCUT2D eigenvalue weighted by atomic mass is 10.0.